The van der Waals surface area contributed by atoms with E-state index in [0.717, 1.165) is 17.0 Å². The van der Waals surface area contributed by atoms with Gasteiger partial charge in [0.15, 0.2) is 5.82 Å². The van der Waals surface area contributed by atoms with Crippen molar-refractivity contribution in [1.82, 2.24) is 20.2 Å². The molecule has 7 heteroatoms. The number of nitrogens with one attached hydrogen (secondary N) is 2. The minimum Gasteiger partial charge on any atom is -0.487 e. The number of hydrogen-bond acceptors (Lipinski definition) is 6. The second-order valence-corrected chi connectivity index (χ2v) is 4.51. The lowest BCUT2D eigenvalue weighted by atomic mass is 10.1. The van der Waals surface area contributed by atoms with Crippen molar-refractivity contribution in [2.75, 3.05) is 12.6 Å². The molecule has 3 aromatic rings. The van der Waals surface area contributed by atoms with Crippen molar-refractivity contribution >= 4 is 5.82 Å². The summed E-state index contributed by atoms with van der Waals surface area (Å²) in [5, 5.41) is 7.68. The molecule has 0 aliphatic heterocycles. The summed E-state index contributed by atoms with van der Waals surface area (Å²) in [6.07, 6.45) is 5.08. The fourth-order valence-electron chi connectivity index (χ4n) is 1.93. The Hall–Kier alpha value is -2.93. The molecular weight excluding hydrogens is 282 g/mol. The van der Waals surface area contributed by atoms with Crippen LogP contribution in [0.15, 0.2) is 48.9 Å². The van der Waals surface area contributed by atoms with Crippen LogP contribution in [-0.4, -0.2) is 27.3 Å². The Bertz CT molecular complexity index is 713. The molecule has 112 valence electrons. The van der Waals surface area contributed by atoms with E-state index < -0.39 is 0 Å². The van der Waals surface area contributed by atoms with Gasteiger partial charge in [0.05, 0.1) is 13.3 Å². The van der Waals surface area contributed by atoms with Crippen molar-refractivity contribution in [2.45, 2.75) is 6.61 Å². The maximum absolute atomic E-state index is 5.69. The summed E-state index contributed by atoms with van der Waals surface area (Å²) in [5.74, 6) is 1.96. The smallest absolute Gasteiger partial charge is 0.176 e. The summed E-state index contributed by atoms with van der Waals surface area (Å²) in [5.41, 5.74) is 4.69. The van der Waals surface area contributed by atoms with Crippen molar-refractivity contribution in [3.8, 4) is 17.1 Å². The van der Waals surface area contributed by atoms with Crippen molar-refractivity contribution in [3.63, 3.8) is 0 Å². The standard InChI is InChI=1S/C15H15N5O2/c1-21-20-14-8-13(9-18-19-14)22-10-11-2-4-12(5-3-11)15-16-6-7-17-15/h2-9H,10H2,1H3,(H,16,17)(H,19,20). The zero-order chi connectivity index (χ0) is 15.2. The van der Waals surface area contributed by atoms with Crippen molar-refractivity contribution in [1.29, 1.82) is 0 Å². The van der Waals surface area contributed by atoms with Crippen LogP contribution in [0.1, 0.15) is 5.56 Å². The van der Waals surface area contributed by atoms with Crippen LogP contribution in [0.4, 0.5) is 5.82 Å². The first-order valence-corrected chi connectivity index (χ1v) is 6.68. The number of nitrogens with zero attached hydrogens (tertiary/aromatic N) is 3. The predicted molar refractivity (Wildman–Crippen MR) is 81.0 cm³/mol. The van der Waals surface area contributed by atoms with E-state index >= 15 is 0 Å². The zero-order valence-corrected chi connectivity index (χ0v) is 12.0. The number of imidazole rings is 1. The van der Waals surface area contributed by atoms with E-state index in [-0.39, 0.29) is 0 Å². The average Bonchev–Trinajstić information content (AvgIpc) is 3.09. The Kier molecular flexibility index (Phi) is 4.26. The quantitative estimate of drug-likeness (QED) is 0.680. The van der Waals surface area contributed by atoms with E-state index in [0.29, 0.717) is 18.2 Å². The van der Waals surface area contributed by atoms with E-state index in [9.17, 15) is 0 Å². The lowest BCUT2D eigenvalue weighted by Gasteiger charge is -2.07. The molecule has 22 heavy (non-hydrogen) atoms. The number of aromatic nitrogens is 4. The van der Waals surface area contributed by atoms with Crippen LogP contribution in [0.5, 0.6) is 5.75 Å². The molecule has 0 spiro atoms. The molecule has 1 aromatic carbocycles. The molecule has 0 aliphatic carbocycles. The minimum atomic E-state index is 0.441. The van der Waals surface area contributed by atoms with Gasteiger partial charge in [-0.1, -0.05) is 24.3 Å². The predicted octanol–water partition coefficient (Wildman–Crippen LogP) is 2.42. The Balaban J connectivity index is 1.63. The molecule has 0 aliphatic rings. The highest BCUT2D eigenvalue weighted by molar-refractivity contribution is 5.55. The van der Waals surface area contributed by atoms with Crippen LogP contribution in [-0.2, 0) is 11.4 Å². The molecule has 0 atom stereocenters. The van der Waals surface area contributed by atoms with Crippen molar-refractivity contribution < 1.29 is 9.57 Å². The molecule has 0 bridgehead atoms. The molecular formula is C15H15N5O2. The van der Waals surface area contributed by atoms with Crippen LogP contribution in [0.25, 0.3) is 11.4 Å². The van der Waals surface area contributed by atoms with Gasteiger partial charge in [0.1, 0.15) is 18.2 Å². The fraction of sp³-hybridized carbons (Fsp3) is 0.133. The number of ether oxygens (including phenoxy) is 1. The molecule has 0 unspecified atom stereocenters. The van der Waals surface area contributed by atoms with Crippen LogP contribution in [0, 0.1) is 0 Å². The molecule has 0 fully saturated rings. The van der Waals surface area contributed by atoms with Gasteiger partial charge in [-0.05, 0) is 5.56 Å². The number of H-pyrrole nitrogens is 1. The fourth-order valence-corrected chi connectivity index (χ4v) is 1.93. The highest BCUT2D eigenvalue weighted by atomic mass is 16.6. The third-order valence-corrected chi connectivity index (χ3v) is 2.97. The Labute approximate surface area is 127 Å². The zero-order valence-electron chi connectivity index (χ0n) is 12.0. The van der Waals surface area contributed by atoms with Crippen LogP contribution in [0.3, 0.4) is 0 Å². The first-order chi connectivity index (χ1) is 10.8. The third-order valence-electron chi connectivity index (χ3n) is 2.97. The van der Waals surface area contributed by atoms with Crippen molar-refractivity contribution in [2.24, 2.45) is 0 Å². The van der Waals surface area contributed by atoms with E-state index in [4.69, 9.17) is 9.57 Å². The first kappa shape index (κ1) is 14.0. The Morgan fingerprint density at radius 3 is 2.82 bits per heavy atom. The molecule has 0 saturated carbocycles. The summed E-state index contributed by atoms with van der Waals surface area (Å²) < 4.78 is 5.69. The van der Waals surface area contributed by atoms with Gasteiger partial charge in [-0.25, -0.2) is 10.5 Å². The molecule has 2 aromatic heterocycles. The number of anilines is 1. The van der Waals surface area contributed by atoms with Crippen LogP contribution in [0.2, 0.25) is 0 Å². The SMILES string of the molecule is CONc1cc(OCc2ccc(-c3ncc[nH]3)cc2)cnn1. The number of aromatic amines is 1. The van der Waals surface area contributed by atoms with E-state index in [2.05, 4.69) is 25.6 Å². The van der Waals surface area contributed by atoms with Gasteiger partial charge >= 0.3 is 0 Å². The second-order valence-electron chi connectivity index (χ2n) is 4.51. The highest BCUT2D eigenvalue weighted by Crippen LogP contribution is 2.17. The van der Waals surface area contributed by atoms with Crippen LogP contribution >= 0.6 is 0 Å². The highest BCUT2D eigenvalue weighted by Gasteiger charge is 2.02. The molecule has 3 rings (SSSR count). The summed E-state index contributed by atoms with van der Waals surface area (Å²) in [6.45, 7) is 0.441. The summed E-state index contributed by atoms with van der Waals surface area (Å²) in [7, 11) is 1.51. The Morgan fingerprint density at radius 1 is 1.23 bits per heavy atom. The molecule has 2 heterocycles. The average molecular weight is 297 g/mol. The number of benzene rings is 1. The summed E-state index contributed by atoms with van der Waals surface area (Å²) in [4.78, 5) is 12.1. The maximum atomic E-state index is 5.69. The van der Waals surface area contributed by atoms with Gasteiger partial charge in [-0.3, -0.25) is 4.84 Å². The third kappa shape index (κ3) is 3.39. The minimum absolute atomic E-state index is 0.441. The first-order valence-electron chi connectivity index (χ1n) is 6.68. The van der Waals surface area contributed by atoms with Crippen molar-refractivity contribution in [3.05, 3.63) is 54.5 Å². The number of hydrogen-bond donors (Lipinski definition) is 2. The monoisotopic (exact) mass is 297 g/mol. The van der Waals surface area contributed by atoms with E-state index in [1.807, 2.05) is 24.3 Å². The molecule has 0 amide bonds. The molecule has 7 nitrogen and oxygen atoms in total. The summed E-state index contributed by atoms with van der Waals surface area (Å²) in [6, 6.07) is 9.72. The second kappa shape index (κ2) is 6.68. The largest absolute Gasteiger partial charge is 0.487 e. The van der Waals surface area contributed by atoms with Gasteiger partial charge in [0.2, 0.25) is 0 Å². The van der Waals surface area contributed by atoms with Crippen LogP contribution < -0.4 is 10.2 Å². The molecule has 0 saturated heterocycles. The summed E-state index contributed by atoms with van der Waals surface area (Å²) >= 11 is 0. The Morgan fingerprint density at radius 2 is 2.09 bits per heavy atom. The van der Waals surface area contributed by atoms with Gasteiger partial charge in [-0.2, -0.15) is 5.10 Å². The van der Waals surface area contributed by atoms with Gasteiger partial charge in [-0.15, -0.1) is 5.10 Å². The van der Waals surface area contributed by atoms with E-state index in [1.165, 1.54) is 7.11 Å². The molecule has 0 radical (unpaired) electrons. The topological polar surface area (TPSA) is 85.0 Å². The van der Waals surface area contributed by atoms with Gasteiger partial charge in [0.25, 0.3) is 0 Å². The lowest BCUT2D eigenvalue weighted by Crippen LogP contribution is -2.01. The van der Waals surface area contributed by atoms with E-state index in [1.54, 1.807) is 24.7 Å². The molecule has 2 N–H and O–H groups in total. The van der Waals surface area contributed by atoms with Gasteiger partial charge < -0.3 is 9.72 Å². The lowest BCUT2D eigenvalue weighted by molar-refractivity contribution is 0.267. The maximum Gasteiger partial charge on any atom is 0.176 e. The number of rotatable bonds is 6. The van der Waals surface area contributed by atoms with Gasteiger partial charge in [0, 0.05) is 24.0 Å². The normalized spacial score (nSPS) is 10.4.